The van der Waals surface area contributed by atoms with E-state index in [1.54, 1.807) is 0 Å². The second-order valence-electron chi connectivity index (χ2n) is 2.02. The highest BCUT2D eigenvalue weighted by Crippen LogP contribution is 2.10. The van der Waals surface area contributed by atoms with Gasteiger partial charge in [-0.1, -0.05) is 0 Å². The maximum absolute atomic E-state index is 10.7. The standard InChI is InChI=1S/C6H8O5/c1-9-6(8)11-4-2-3-10-5(4)7/h4H,2-3H2,1H3. The summed E-state index contributed by atoms with van der Waals surface area (Å²) in [7, 11) is 1.18. The third kappa shape index (κ3) is 1.83. The maximum Gasteiger partial charge on any atom is 0.508 e. The van der Waals surface area contributed by atoms with Crippen LogP contribution in [0.25, 0.3) is 0 Å². The van der Waals surface area contributed by atoms with E-state index < -0.39 is 18.2 Å². The van der Waals surface area contributed by atoms with E-state index in [-0.39, 0.29) is 0 Å². The Morgan fingerprint density at radius 2 is 2.45 bits per heavy atom. The predicted octanol–water partition coefficient (Wildman–Crippen LogP) is 0.0849. The molecule has 0 aliphatic carbocycles. The highest BCUT2D eigenvalue weighted by molar-refractivity contribution is 5.78. The molecule has 0 aromatic heterocycles. The number of cyclic esters (lactones) is 1. The average molecular weight is 160 g/mol. The van der Waals surface area contributed by atoms with Crippen LogP contribution in [0.3, 0.4) is 0 Å². The van der Waals surface area contributed by atoms with E-state index in [4.69, 9.17) is 0 Å². The van der Waals surface area contributed by atoms with Crippen molar-refractivity contribution in [3.05, 3.63) is 0 Å². The first kappa shape index (κ1) is 7.84. The van der Waals surface area contributed by atoms with E-state index in [1.165, 1.54) is 7.11 Å². The van der Waals surface area contributed by atoms with Gasteiger partial charge in [-0.25, -0.2) is 9.59 Å². The van der Waals surface area contributed by atoms with Crippen molar-refractivity contribution in [3.63, 3.8) is 0 Å². The van der Waals surface area contributed by atoms with Gasteiger partial charge in [-0.2, -0.15) is 0 Å². The number of rotatable bonds is 1. The highest BCUT2D eigenvalue weighted by Gasteiger charge is 2.30. The molecule has 0 saturated carbocycles. The molecule has 1 heterocycles. The fraction of sp³-hybridized carbons (Fsp3) is 0.667. The van der Waals surface area contributed by atoms with E-state index in [0.717, 1.165) is 0 Å². The molecule has 1 unspecified atom stereocenters. The van der Waals surface area contributed by atoms with Gasteiger partial charge in [0.1, 0.15) is 0 Å². The van der Waals surface area contributed by atoms with Gasteiger partial charge in [0, 0.05) is 6.42 Å². The number of carbonyl (C=O) groups is 2. The van der Waals surface area contributed by atoms with Crippen LogP contribution in [-0.4, -0.2) is 31.9 Å². The molecule has 1 fully saturated rings. The molecular weight excluding hydrogens is 152 g/mol. The minimum atomic E-state index is -0.853. The van der Waals surface area contributed by atoms with Crippen molar-refractivity contribution in [1.29, 1.82) is 0 Å². The van der Waals surface area contributed by atoms with Crippen molar-refractivity contribution in [1.82, 2.24) is 0 Å². The summed E-state index contributed by atoms with van der Waals surface area (Å²) in [6.07, 6.45) is -1.22. The largest absolute Gasteiger partial charge is 0.508 e. The second-order valence-corrected chi connectivity index (χ2v) is 2.02. The fourth-order valence-electron chi connectivity index (χ4n) is 0.749. The Labute approximate surface area is 63.2 Å². The molecule has 0 aromatic carbocycles. The van der Waals surface area contributed by atoms with E-state index in [9.17, 15) is 9.59 Å². The van der Waals surface area contributed by atoms with Crippen molar-refractivity contribution in [3.8, 4) is 0 Å². The minimum absolute atomic E-state index is 0.306. The molecule has 5 nitrogen and oxygen atoms in total. The molecule has 5 heteroatoms. The summed E-state index contributed by atoms with van der Waals surface area (Å²) >= 11 is 0. The number of hydrogen-bond acceptors (Lipinski definition) is 5. The van der Waals surface area contributed by atoms with E-state index in [0.29, 0.717) is 13.0 Å². The maximum atomic E-state index is 10.7. The molecular formula is C6H8O5. The van der Waals surface area contributed by atoms with Crippen LogP contribution in [0.1, 0.15) is 6.42 Å². The molecule has 1 aliphatic heterocycles. The van der Waals surface area contributed by atoms with Crippen LogP contribution < -0.4 is 0 Å². The fourth-order valence-corrected chi connectivity index (χ4v) is 0.749. The van der Waals surface area contributed by atoms with Crippen molar-refractivity contribution < 1.29 is 23.8 Å². The first-order chi connectivity index (χ1) is 5.24. The molecule has 0 amide bonds. The molecule has 0 N–H and O–H groups in total. The third-order valence-electron chi connectivity index (χ3n) is 1.29. The molecule has 0 radical (unpaired) electrons. The van der Waals surface area contributed by atoms with Crippen LogP contribution in [0, 0.1) is 0 Å². The van der Waals surface area contributed by atoms with Gasteiger partial charge >= 0.3 is 12.1 Å². The molecule has 1 aliphatic rings. The first-order valence-electron chi connectivity index (χ1n) is 3.15. The summed E-state index contributed by atoms with van der Waals surface area (Å²) in [5.41, 5.74) is 0. The third-order valence-corrected chi connectivity index (χ3v) is 1.29. The van der Waals surface area contributed by atoms with Crippen molar-refractivity contribution in [2.24, 2.45) is 0 Å². The lowest BCUT2D eigenvalue weighted by Gasteiger charge is -2.05. The van der Waals surface area contributed by atoms with Crippen LogP contribution in [0.5, 0.6) is 0 Å². The lowest BCUT2D eigenvalue weighted by molar-refractivity contribution is -0.145. The van der Waals surface area contributed by atoms with Gasteiger partial charge in [-0.15, -0.1) is 0 Å². The first-order valence-corrected chi connectivity index (χ1v) is 3.15. The Kier molecular flexibility index (Phi) is 2.30. The Bertz CT molecular complexity index is 176. The van der Waals surface area contributed by atoms with Gasteiger partial charge in [0.15, 0.2) is 0 Å². The smallest absolute Gasteiger partial charge is 0.463 e. The van der Waals surface area contributed by atoms with E-state index in [1.807, 2.05) is 0 Å². The number of carbonyl (C=O) groups excluding carboxylic acids is 2. The van der Waals surface area contributed by atoms with Gasteiger partial charge < -0.3 is 14.2 Å². The molecule has 1 saturated heterocycles. The summed E-state index contributed by atoms with van der Waals surface area (Å²) in [4.78, 5) is 21.1. The lowest BCUT2D eigenvalue weighted by Crippen LogP contribution is -2.22. The molecule has 0 bridgehead atoms. The molecule has 1 rings (SSSR count). The summed E-state index contributed by atoms with van der Waals surface area (Å²) in [6, 6.07) is 0. The van der Waals surface area contributed by atoms with Gasteiger partial charge in [0.25, 0.3) is 0 Å². The normalized spacial score (nSPS) is 22.6. The molecule has 0 aromatic rings. The predicted molar refractivity (Wildman–Crippen MR) is 32.9 cm³/mol. The lowest BCUT2D eigenvalue weighted by atomic mass is 10.3. The van der Waals surface area contributed by atoms with Crippen LogP contribution in [-0.2, 0) is 19.0 Å². The van der Waals surface area contributed by atoms with Crippen molar-refractivity contribution >= 4 is 12.1 Å². The van der Waals surface area contributed by atoms with Crippen LogP contribution in [0.4, 0.5) is 4.79 Å². The van der Waals surface area contributed by atoms with Crippen LogP contribution >= 0.6 is 0 Å². The zero-order chi connectivity index (χ0) is 8.27. The molecule has 62 valence electrons. The van der Waals surface area contributed by atoms with Crippen LogP contribution in [0.15, 0.2) is 0 Å². The number of esters is 1. The van der Waals surface area contributed by atoms with E-state index in [2.05, 4.69) is 14.2 Å². The summed E-state index contributed by atoms with van der Waals surface area (Å²) in [6.45, 7) is 0.306. The second kappa shape index (κ2) is 3.23. The summed E-state index contributed by atoms with van der Waals surface area (Å²) in [5, 5.41) is 0. The highest BCUT2D eigenvalue weighted by atomic mass is 16.7. The van der Waals surface area contributed by atoms with E-state index >= 15 is 0 Å². The van der Waals surface area contributed by atoms with Crippen molar-refractivity contribution in [2.45, 2.75) is 12.5 Å². The zero-order valence-corrected chi connectivity index (χ0v) is 6.03. The Morgan fingerprint density at radius 1 is 1.73 bits per heavy atom. The Hall–Kier alpha value is -1.26. The summed E-state index contributed by atoms with van der Waals surface area (Å²) < 4.78 is 13.3. The number of methoxy groups -OCH3 is 1. The SMILES string of the molecule is COC(=O)OC1CCOC1=O. The molecule has 0 spiro atoms. The topological polar surface area (TPSA) is 61.8 Å². The molecule has 1 atom stereocenters. The summed E-state index contributed by atoms with van der Waals surface area (Å²) in [5.74, 6) is -0.504. The molecule has 11 heavy (non-hydrogen) atoms. The van der Waals surface area contributed by atoms with Gasteiger partial charge in [-0.05, 0) is 0 Å². The van der Waals surface area contributed by atoms with Crippen molar-refractivity contribution in [2.75, 3.05) is 13.7 Å². The quantitative estimate of drug-likeness (QED) is 0.508. The number of hydrogen-bond donors (Lipinski definition) is 0. The number of ether oxygens (including phenoxy) is 3. The Morgan fingerprint density at radius 3 is 2.91 bits per heavy atom. The monoisotopic (exact) mass is 160 g/mol. The minimum Gasteiger partial charge on any atom is -0.463 e. The van der Waals surface area contributed by atoms with Gasteiger partial charge in [0.2, 0.25) is 6.10 Å². The zero-order valence-electron chi connectivity index (χ0n) is 6.03. The average Bonchev–Trinajstić information content (AvgIpc) is 2.37. The van der Waals surface area contributed by atoms with Crippen LogP contribution in [0.2, 0.25) is 0 Å². The van der Waals surface area contributed by atoms with Gasteiger partial charge in [-0.3, -0.25) is 0 Å². The Balaban J connectivity index is 2.36. The van der Waals surface area contributed by atoms with Gasteiger partial charge in [0.05, 0.1) is 13.7 Å².